The molecule has 1 aliphatic heterocycles. The standard InChI is InChI=1S/C16H22F3N/c1-4-6-13-9-11(2)10-20(13)15-8-5-7-14(12(15)3)16(17,18)19/h5,7-8,11,13H,4,6,9-10H2,1-3H3. The quantitative estimate of drug-likeness (QED) is 0.753. The maximum atomic E-state index is 13.0. The molecule has 0 aliphatic carbocycles. The minimum absolute atomic E-state index is 0.357. The minimum atomic E-state index is -4.27. The fourth-order valence-electron chi connectivity index (χ4n) is 3.29. The van der Waals surface area contributed by atoms with Crippen molar-refractivity contribution >= 4 is 5.69 Å². The number of halogens is 3. The van der Waals surface area contributed by atoms with E-state index in [1.807, 2.05) is 6.07 Å². The number of alkyl halides is 3. The lowest BCUT2D eigenvalue weighted by Crippen LogP contribution is -2.30. The number of nitrogens with zero attached hydrogens (tertiary/aromatic N) is 1. The third-order valence-corrected chi connectivity index (χ3v) is 4.17. The molecule has 112 valence electrons. The van der Waals surface area contributed by atoms with Gasteiger partial charge in [0.15, 0.2) is 0 Å². The van der Waals surface area contributed by atoms with Crippen LogP contribution in [-0.2, 0) is 6.18 Å². The first-order chi connectivity index (χ1) is 9.34. The third-order valence-electron chi connectivity index (χ3n) is 4.17. The van der Waals surface area contributed by atoms with Gasteiger partial charge in [-0.25, -0.2) is 0 Å². The summed E-state index contributed by atoms with van der Waals surface area (Å²) in [7, 11) is 0. The fourth-order valence-corrected chi connectivity index (χ4v) is 3.29. The monoisotopic (exact) mass is 285 g/mol. The lowest BCUT2D eigenvalue weighted by Gasteiger charge is -2.29. The van der Waals surface area contributed by atoms with Crippen molar-refractivity contribution in [2.45, 2.75) is 52.3 Å². The first-order valence-corrected chi connectivity index (χ1v) is 7.28. The second kappa shape index (κ2) is 5.66. The van der Waals surface area contributed by atoms with Crippen LogP contribution in [0.4, 0.5) is 18.9 Å². The molecular formula is C16H22F3N. The largest absolute Gasteiger partial charge is 0.416 e. The van der Waals surface area contributed by atoms with Gasteiger partial charge in [-0.15, -0.1) is 0 Å². The zero-order valence-corrected chi connectivity index (χ0v) is 12.3. The molecular weight excluding hydrogens is 263 g/mol. The smallest absolute Gasteiger partial charge is 0.368 e. The number of hydrogen-bond donors (Lipinski definition) is 0. The van der Waals surface area contributed by atoms with Crippen LogP contribution in [0.2, 0.25) is 0 Å². The average Bonchev–Trinajstić information content (AvgIpc) is 2.69. The van der Waals surface area contributed by atoms with Gasteiger partial charge in [-0.1, -0.05) is 26.3 Å². The van der Waals surface area contributed by atoms with Gasteiger partial charge in [0, 0.05) is 18.3 Å². The lowest BCUT2D eigenvalue weighted by molar-refractivity contribution is -0.138. The van der Waals surface area contributed by atoms with Crippen LogP contribution >= 0.6 is 0 Å². The second-order valence-electron chi connectivity index (χ2n) is 5.88. The maximum absolute atomic E-state index is 13.0. The van der Waals surface area contributed by atoms with Gasteiger partial charge in [0.1, 0.15) is 0 Å². The molecule has 0 N–H and O–H groups in total. The third kappa shape index (κ3) is 2.94. The molecule has 1 heterocycles. The van der Waals surface area contributed by atoms with Crippen molar-refractivity contribution < 1.29 is 13.2 Å². The summed E-state index contributed by atoms with van der Waals surface area (Å²) in [5, 5.41) is 0. The van der Waals surface area contributed by atoms with Crippen LogP contribution < -0.4 is 4.90 Å². The number of hydrogen-bond acceptors (Lipinski definition) is 1. The molecule has 2 unspecified atom stereocenters. The Morgan fingerprint density at radius 3 is 2.60 bits per heavy atom. The normalized spacial score (nSPS) is 23.4. The van der Waals surface area contributed by atoms with Crippen molar-refractivity contribution in [1.82, 2.24) is 0 Å². The van der Waals surface area contributed by atoms with Gasteiger partial charge in [-0.05, 0) is 43.4 Å². The van der Waals surface area contributed by atoms with Crippen LogP contribution in [0.15, 0.2) is 18.2 Å². The highest BCUT2D eigenvalue weighted by atomic mass is 19.4. The second-order valence-corrected chi connectivity index (χ2v) is 5.88. The highest BCUT2D eigenvalue weighted by molar-refractivity contribution is 5.58. The molecule has 0 amide bonds. The van der Waals surface area contributed by atoms with E-state index < -0.39 is 11.7 Å². The van der Waals surface area contributed by atoms with E-state index in [1.54, 1.807) is 6.92 Å². The molecule has 1 fully saturated rings. The fraction of sp³-hybridized carbons (Fsp3) is 0.625. The maximum Gasteiger partial charge on any atom is 0.416 e. The van der Waals surface area contributed by atoms with Crippen molar-refractivity contribution in [3.05, 3.63) is 29.3 Å². The highest BCUT2D eigenvalue weighted by Crippen LogP contribution is 2.39. The number of anilines is 1. The molecule has 20 heavy (non-hydrogen) atoms. The van der Waals surface area contributed by atoms with Crippen LogP contribution in [-0.4, -0.2) is 12.6 Å². The van der Waals surface area contributed by atoms with Crippen LogP contribution in [0.3, 0.4) is 0 Å². The van der Waals surface area contributed by atoms with Crippen LogP contribution in [0, 0.1) is 12.8 Å². The number of benzene rings is 1. The molecule has 2 rings (SSSR count). The van der Waals surface area contributed by atoms with Gasteiger partial charge >= 0.3 is 6.18 Å². The summed E-state index contributed by atoms with van der Waals surface area (Å²) >= 11 is 0. The Hall–Kier alpha value is -1.19. The summed E-state index contributed by atoms with van der Waals surface area (Å²) < 4.78 is 39.1. The van der Waals surface area contributed by atoms with Gasteiger partial charge in [-0.2, -0.15) is 13.2 Å². The number of rotatable bonds is 3. The molecule has 0 radical (unpaired) electrons. The molecule has 0 saturated carbocycles. The molecule has 1 aromatic carbocycles. The van der Waals surface area contributed by atoms with Crippen LogP contribution in [0.25, 0.3) is 0 Å². The summed E-state index contributed by atoms with van der Waals surface area (Å²) in [6.45, 7) is 6.74. The Morgan fingerprint density at radius 1 is 1.30 bits per heavy atom. The lowest BCUT2D eigenvalue weighted by atomic mass is 10.0. The molecule has 0 aromatic heterocycles. The van der Waals surface area contributed by atoms with Gasteiger partial charge in [0.25, 0.3) is 0 Å². The van der Waals surface area contributed by atoms with Gasteiger partial charge < -0.3 is 4.90 Å². The van der Waals surface area contributed by atoms with Crippen molar-refractivity contribution in [2.24, 2.45) is 5.92 Å². The van der Waals surface area contributed by atoms with Crippen molar-refractivity contribution in [3.8, 4) is 0 Å². The summed E-state index contributed by atoms with van der Waals surface area (Å²) in [5.74, 6) is 0.542. The predicted molar refractivity (Wildman–Crippen MR) is 76.0 cm³/mol. The van der Waals surface area contributed by atoms with Crippen molar-refractivity contribution in [2.75, 3.05) is 11.4 Å². The first kappa shape index (κ1) is 15.2. The first-order valence-electron chi connectivity index (χ1n) is 7.28. The summed E-state index contributed by atoms with van der Waals surface area (Å²) in [6.07, 6.45) is -1.10. The van der Waals surface area contributed by atoms with Crippen molar-refractivity contribution in [3.63, 3.8) is 0 Å². The van der Waals surface area contributed by atoms with E-state index in [2.05, 4.69) is 18.7 Å². The topological polar surface area (TPSA) is 3.24 Å². The van der Waals surface area contributed by atoms with Gasteiger partial charge in [0.2, 0.25) is 0 Å². The highest BCUT2D eigenvalue weighted by Gasteiger charge is 2.35. The van der Waals surface area contributed by atoms with E-state index in [0.29, 0.717) is 17.5 Å². The Balaban J connectivity index is 2.37. The van der Waals surface area contributed by atoms with E-state index in [-0.39, 0.29) is 0 Å². The molecule has 1 aliphatic rings. The van der Waals surface area contributed by atoms with Crippen molar-refractivity contribution in [1.29, 1.82) is 0 Å². The summed E-state index contributed by atoms with van der Waals surface area (Å²) in [5.41, 5.74) is 0.600. The Bertz CT molecular complexity index is 467. The Labute approximate surface area is 118 Å². The molecule has 0 spiro atoms. The molecule has 1 saturated heterocycles. The van der Waals surface area contributed by atoms with E-state index in [9.17, 15) is 13.2 Å². The van der Waals surface area contributed by atoms with Gasteiger partial charge in [-0.3, -0.25) is 0 Å². The zero-order chi connectivity index (χ0) is 14.9. The van der Waals surface area contributed by atoms with Gasteiger partial charge in [0.05, 0.1) is 5.56 Å². The molecule has 4 heteroatoms. The van der Waals surface area contributed by atoms with E-state index in [4.69, 9.17) is 0 Å². The van der Waals surface area contributed by atoms with E-state index in [0.717, 1.165) is 31.5 Å². The minimum Gasteiger partial charge on any atom is -0.368 e. The van der Waals surface area contributed by atoms with E-state index in [1.165, 1.54) is 12.1 Å². The molecule has 1 nitrogen and oxygen atoms in total. The van der Waals surface area contributed by atoms with Crippen LogP contribution in [0.1, 0.15) is 44.2 Å². The Kier molecular flexibility index (Phi) is 4.31. The molecule has 2 atom stereocenters. The summed E-state index contributed by atoms with van der Waals surface area (Å²) in [4.78, 5) is 2.18. The van der Waals surface area contributed by atoms with E-state index >= 15 is 0 Å². The summed E-state index contributed by atoms with van der Waals surface area (Å²) in [6, 6.07) is 4.90. The van der Waals surface area contributed by atoms with Crippen LogP contribution in [0.5, 0.6) is 0 Å². The molecule has 1 aromatic rings. The predicted octanol–water partition coefficient (Wildman–Crippen LogP) is 5.03. The SMILES string of the molecule is CCCC1CC(C)CN1c1cccc(C(F)(F)F)c1C. The average molecular weight is 285 g/mol. The zero-order valence-electron chi connectivity index (χ0n) is 12.3. The Morgan fingerprint density at radius 2 is 2.00 bits per heavy atom. The molecule has 0 bridgehead atoms.